The fourth-order valence-corrected chi connectivity index (χ4v) is 5.42. The molecule has 1 N–H and O–H groups in total. The van der Waals surface area contributed by atoms with Crippen molar-refractivity contribution in [1.82, 2.24) is 4.98 Å². The van der Waals surface area contributed by atoms with Gasteiger partial charge in [0.25, 0.3) is 0 Å². The standard InChI is InChI=1S/C31H20Cl2F4N4/c32-21-14-22(33)16-25(15-21)41-30(17-28(40-41)18-4-7-23(34)8-5-18)19-2-1-3-24(12-19)39-27-10-11-38-29-13-20(31(35,36)37)6-9-26(27)29/h1-16,30H,17H2,(H,38,39). The van der Waals surface area contributed by atoms with Gasteiger partial charge in [-0.15, -0.1) is 0 Å². The van der Waals surface area contributed by atoms with Crippen LogP contribution in [0.1, 0.15) is 29.2 Å². The number of anilines is 3. The summed E-state index contributed by atoms with van der Waals surface area (Å²) in [6, 6.07) is 24.0. The van der Waals surface area contributed by atoms with E-state index in [4.69, 9.17) is 28.3 Å². The fourth-order valence-electron chi connectivity index (χ4n) is 4.91. The third-order valence-corrected chi connectivity index (χ3v) is 7.26. The zero-order chi connectivity index (χ0) is 28.7. The first-order valence-electron chi connectivity index (χ1n) is 12.6. The van der Waals surface area contributed by atoms with Gasteiger partial charge >= 0.3 is 6.18 Å². The summed E-state index contributed by atoms with van der Waals surface area (Å²) in [5, 5.41) is 11.5. The summed E-state index contributed by atoms with van der Waals surface area (Å²) in [5.41, 5.74) is 4.01. The molecule has 0 bridgehead atoms. The fraction of sp³-hybridized carbons (Fsp3) is 0.0968. The second-order valence-electron chi connectivity index (χ2n) is 9.58. The van der Waals surface area contributed by atoms with Crippen LogP contribution >= 0.6 is 23.2 Å². The van der Waals surface area contributed by atoms with Gasteiger partial charge in [0.1, 0.15) is 5.82 Å². The van der Waals surface area contributed by atoms with E-state index in [9.17, 15) is 17.6 Å². The van der Waals surface area contributed by atoms with E-state index in [1.54, 1.807) is 36.4 Å². The summed E-state index contributed by atoms with van der Waals surface area (Å²) in [7, 11) is 0. The van der Waals surface area contributed by atoms with Crippen molar-refractivity contribution in [3.05, 3.63) is 130 Å². The number of hydrazone groups is 1. The molecule has 1 unspecified atom stereocenters. The number of nitrogens with zero attached hydrogens (tertiary/aromatic N) is 3. The summed E-state index contributed by atoms with van der Waals surface area (Å²) in [6.07, 6.45) is -2.46. The Labute approximate surface area is 242 Å². The number of alkyl halides is 3. The number of halogens is 6. The molecule has 1 aromatic heterocycles. The number of hydrogen-bond acceptors (Lipinski definition) is 4. The molecule has 1 aliphatic heterocycles. The first-order valence-corrected chi connectivity index (χ1v) is 13.3. The summed E-state index contributed by atoms with van der Waals surface area (Å²) < 4.78 is 53.3. The van der Waals surface area contributed by atoms with Crippen LogP contribution in [0.2, 0.25) is 10.0 Å². The molecule has 0 spiro atoms. The van der Waals surface area contributed by atoms with Crippen LogP contribution in [-0.2, 0) is 6.18 Å². The van der Waals surface area contributed by atoms with Crippen LogP contribution in [0.4, 0.5) is 34.6 Å². The first-order chi connectivity index (χ1) is 19.6. The SMILES string of the molecule is Fc1ccc(C2=NN(c3cc(Cl)cc(Cl)c3)C(c3cccc(Nc4ccnc5cc(C(F)(F)F)ccc45)c3)C2)cc1. The minimum atomic E-state index is -4.46. The molecule has 4 nitrogen and oxygen atoms in total. The Morgan fingerprint density at radius 3 is 2.34 bits per heavy atom. The van der Waals surface area contributed by atoms with Gasteiger partial charge in [0.15, 0.2) is 0 Å². The van der Waals surface area contributed by atoms with Crippen LogP contribution in [0.15, 0.2) is 102 Å². The summed E-state index contributed by atoms with van der Waals surface area (Å²) in [6.45, 7) is 0. The van der Waals surface area contributed by atoms with Gasteiger partial charge in [0.05, 0.1) is 28.5 Å². The van der Waals surface area contributed by atoms with E-state index < -0.39 is 11.7 Å². The average molecular weight is 595 g/mol. The predicted octanol–water partition coefficient (Wildman–Crippen LogP) is 9.80. The molecule has 4 aromatic carbocycles. The largest absolute Gasteiger partial charge is 0.416 e. The summed E-state index contributed by atoms with van der Waals surface area (Å²) in [4.78, 5) is 4.13. The highest BCUT2D eigenvalue weighted by molar-refractivity contribution is 6.35. The van der Waals surface area contributed by atoms with E-state index in [0.29, 0.717) is 33.2 Å². The lowest BCUT2D eigenvalue weighted by Gasteiger charge is -2.25. The van der Waals surface area contributed by atoms with Crippen LogP contribution in [-0.4, -0.2) is 10.7 Å². The van der Waals surface area contributed by atoms with Gasteiger partial charge in [0, 0.05) is 39.4 Å². The van der Waals surface area contributed by atoms with E-state index >= 15 is 0 Å². The zero-order valence-corrected chi connectivity index (χ0v) is 22.6. The van der Waals surface area contributed by atoms with Gasteiger partial charge in [0.2, 0.25) is 0 Å². The third kappa shape index (κ3) is 5.71. The molecule has 1 atom stereocenters. The highest BCUT2D eigenvalue weighted by atomic mass is 35.5. The van der Waals surface area contributed by atoms with Crippen molar-refractivity contribution >= 4 is 56.9 Å². The molecule has 0 fully saturated rings. The molecule has 0 saturated carbocycles. The van der Waals surface area contributed by atoms with Crippen LogP contribution in [0.25, 0.3) is 10.9 Å². The monoisotopic (exact) mass is 594 g/mol. The lowest BCUT2D eigenvalue weighted by atomic mass is 9.97. The Bertz CT molecular complexity index is 1770. The molecular weight excluding hydrogens is 575 g/mol. The van der Waals surface area contributed by atoms with Gasteiger partial charge in [-0.2, -0.15) is 18.3 Å². The van der Waals surface area contributed by atoms with Crippen molar-refractivity contribution < 1.29 is 17.6 Å². The van der Waals surface area contributed by atoms with Gasteiger partial charge in [-0.05, 0) is 71.8 Å². The van der Waals surface area contributed by atoms with Crippen molar-refractivity contribution in [3.63, 3.8) is 0 Å². The summed E-state index contributed by atoms with van der Waals surface area (Å²) in [5.74, 6) is -0.334. The Balaban J connectivity index is 1.35. The van der Waals surface area contributed by atoms with E-state index in [1.807, 2.05) is 29.3 Å². The Hall–Kier alpha value is -4.14. The van der Waals surface area contributed by atoms with Crippen molar-refractivity contribution in [3.8, 4) is 0 Å². The van der Waals surface area contributed by atoms with Gasteiger partial charge < -0.3 is 5.32 Å². The first kappa shape index (κ1) is 27.1. The van der Waals surface area contributed by atoms with Gasteiger partial charge in [-0.25, -0.2) is 4.39 Å². The average Bonchev–Trinajstić information content (AvgIpc) is 3.38. The minimum Gasteiger partial charge on any atom is -0.355 e. The number of fused-ring (bicyclic) bond motifs is 1. The van der Waals surface area contributed by atoms with E-state index in [1.165, 1.54) is 24.4 Å². The lowest BCUT2D eigenvalue weighted by molar-refractivity contribution is -0.137. The molecule has 10 heteroatoms. The van der Waals surface area contributed by atoms with Crippen LogP contribution in [0.3, 0.4) is 0 Å². The second-order valence-corrected chi connectivity index (χ2v) is 10.5. The van der Waals surface area contributed by atoms with Crippen molar-refractivity contribution in [1.29, 1.82) is 0 Å². The normalized spacial score (nSPS) is 15.3. The molecule has 5 aromatic rings. The maximum atomic E-state index is 13.6. The van der Waals surface area contributed by atoms with Crippen molar-refractivity contribution in [2.24, 2.45) is 5.10 Å². The number of rotatable bonds is 5. The van der Waals surface area contributed by atoms with E-state index in [0.717, 1.165) is 34.7 Å². The molecule has 0 aliphatic carbocycles. The van der Waals surface area contributed by atoms with Crippen molar-refractivity contribution in [2.75, 3.05) is 10.3 Å². The Morgan fingerprint density at radius 2 is 1.61 bits per heavy atom. The molecule has 0 radical (unpaired) electrons. The van der Waals surface area contributed by atoms with E-state index in [-0.39, 0.29) is 17.4 Å². The van der Waals surface area contributed by atoms with Gasteiger partial charge in [-0.1, -0.05) is 53.5 Å². The summed E-state index contributed by atoms with van der Waals surface area (Å²) >= 11 is 12.6. The Morgan fingerprint density at radius 1 is 0.854 bits per heavy atom. The highest BCUT2D eigenvalue weighted by Gasteiger charge is 2.32. The Kier molecular flexibility index (Phi) is 7.05. The molecule has 1 aliphatic rings. The smallest absolute Gasteiger partial charge is 0.355 e. The molecule has 206 valence electrons. The number of benzene rings is 4. The van der Waals surface area contributed by atoms with Crippen LogP contribution < -0.4 is 10.3 Å². The van der Waals surface area contributed by atoms with Gasteiger partial charge in [-0.3, -0.25) is 9.99 Å². The zero-order valence-electron chi connectivity index (χ0n) is 21.1. The molecular formula is C31H20Cl2F4N4. The third-order valence-electron chi connectivity index (χ3n) is 6.82. The van der Waals surface area contributed by atoms with E-state index in [2.05, 4.69) is 10.3 Å². The topological polar surface area (TPSA) is 40.5 Å². The lowest BCUT2D eigenvalue weighted by Crippen LogP contribution is -2.18. The second kappa shape index (κ2) is 10.7. The number of hydrogen-bond donors (Lipinski definition) is 1. The van der Waals surface area contributed by atoms with Crippen molar-refractivity contribution in [2.45, 2.75) is 18.6 Å². The highest BCUT2D eigenvalue weighted by Crippen LogP contribution is 2.40. The minimum absolute atomic E-state index is 0.234. The molecule has 6 rings (SSSR count). The maximum absolute atomic E-state index is 13.6. The van der Waals surface area contributed by atoms with Crippen LogP contribution in [0, 0.1) is 5.82 Å². The number of pyridine rings is 1. The number of nitrogens with one attached hydrogen (secondary N) is 1. The number of aromatic nitrogens is 1. The predicted molar refractivity (Wildman–Crippen MR) is 156 cm³/mol. The molecule has 41 heavy (non-hydrogen) atoms. The molecule has 0 amide bonds. The van der Waals surface area contributed by atoms with Crippen LogP contribution in [0.5, 0.6) is 0 Å². The molecule has 2 heterocycles. The maximum Gasteiger partial charge on any atom is 0.416 e. The quantitative estimate of drug-likeness (QED) is 0.206. The molecule has 0 saturated heterocycles.